The number of anilines is 1. The monoisotopic (exact) mass is 579 g/mol. The summed E-state index contributed by atoms with van der Waals surface area (Å²) in [7, 11) is -4.00. The minimum atomic E-state index is -4.00. The molecule has 0 aliphatic carbocycles. The highest BCUT2D eigenvalue weighted by atomic mass is 35.5. The summed E-state index contributed by atoms with van der Waals surface area (Å²) in [6, 6.07) is 7.01. The van der Waals surface area contributed by atoms with Crippen molar-refractivity contribution >= 4 is 62.3 Å². The quantitative estimate of drug-likeness (QED) is 0.367. The topological polar surface area (TPSA) is 86.8 Å². The van der Waals surface area contributed by atoms with Crippen LogP contribution in [0.25, 0.3) is 0 Å². The molecule has 0 saturated heterocycles. The molecule has 0 fully saturated rings. The Labute approximate surface area is 226 Å². The minimum Gasteiger partial charge on any atom is -0.352 e. The summed E-state index contributed by atoms with van der Waals surface area (Å²) < 4.78 is 39.7. The summed E-state index contributed by atoms with van der Waals surface area (Å²) in [5.41, 5.74) is 0.541. The van der Waals surface area contributed by atoms with E-state index >= 15 is 0 Å². The summed E-state index contributed by atoms with van der Waals surface area (Å²) in [5.74, 6) is -1.48. The molecule has 2 rings (SSSR count). The van der Waals surface area contributed by atoms with Gasteiger partial charge in [0.15, 0.2) is 0 Å². The lowest BCUT2D eigenvalue weighted by Crippen LogP contribution is -2.53. The molecule has 0 saturated carbocycles. The predicted molar refractivity (Wildman–Crippen MR) is 143 cm³/mol. The summed E-state index contributed by atoms with van der Waals surface area (Å²) in [6.07, 6.45) is 1.88. The van der Waals surface area contributed by atoms with Crippen molar-refractivity contribution in [3.8, 4) is 0 Å². The molecule has 2 amide bonds. The maximum Gasteiger partial charge on any atom is 0.244 e. The van der Waals surface area contributed by atoms with Gasteiger partial charge in [-0.3, -0.25) is 13.9 Å². The van der Waals surface area contributed by atoms with Crippen LogP contribution in [0, 0.1) is 5.82 Å². The number of sulfonamides is 1. The lowest BCUT2D eigenvalue weighted by molar-refractivity contribution is -0.140. The zero-order valence-corrected chi connectivity index (χ0v) is 23.5. The van der Waals surface area contributed by atoms with Gasteiger partial charge in [0.25, 0.3) is 0 Å². The van der Waals surface area contributed by atoms with Gasteiger partial charge in [0.2, 0.25) is 21.8 Å². The van der Waals surface area contributed by atoms with Crippen LogP contribution in [-0.2, 0) is 26.2 Å². The van der Waals surface area contributed by atoms with E-state index in [1.165, 1.54) is 41.3 Å². The second kappa shape index (κ2) is 12.9. The van der Waals surface area contributed by atoms with E-state index in [1.807, 2.05) is 13.8 Å². The fourth-order valence-corrected chi connectivity index (χ4v) is 4.99. The minimum absolute atomic E-state index is 0.0192. The molecule has 0 heterocycles. The highest BCUT2D eigenvalue weighted by Gasteiger charge is 2.33. The lowest BCUT2D eigenvalue weighted by Gasteiger charge is -2.33. The summed E-state index contributed by atoms with van der Waals surface area (Å²) >= 11 is 18.3. The molecule has 198 valence electrons. The van der Waals surface area contributed by atoms with Crippen LogP contribution in [0.2, 0.25) is 15.1 Å². The molecule has 0 aliphatic heterocycles. The molecule has 0 aromatic heterocycles. The largest absolute Gasteiger partial charge is 0.352 e. The van der Waals surface area contributed by atoms with Crippen LogP contribution in [0.1, 0.15) is 39.2 Å². The van der Waals surface area contributed by atoms with Crippen molar-refractivity contribution < 1.29 is 22.4 Å². The predicted octanol–water partition coefficient (Wildman–Crippen LogP) is 5.27. The molecular weight excluding hydrogens is 552 g/mol. The third-order valence-electron chi connectivity index (χ3n) is 5.59. The highest BCUT2D eigenvalue weighted by molar-refractivity contribution is 7.92. The van der Waals surface area contributed by atoms with Crippen molar-refractivity contribution in [3.05, 3.63) is 62.8 Å². The first-order valence-corrected chi connectivity index (χ1v) is 14.2. The number of carbonyl (C=O) groups excluding carboxylic acids is 2. The Morgan fingerprint density at radius 2 is 1.58 bits per heavy atom. The molecule has 12 heteroatoms. The number of amides is 2. The van der Waals surface area contributed by atoms with Crippen LogP contribution in [0.15, 0.2) is 36.4 Å². The van der Waals surface area contributed by atoms with Crippen LogP contribution in [0.4, 0.5) is 10.1 Å². The fraction of sp³-hybridized carbons (Fsp3) is 0.417. The number of benzene rings is 2. The van der Waals surface area contributed by atoms with Gasteiger partial charge in [-0.1, -0.05) is 60.8 Å². The molecule has 0 spiro atoms. The number of nitrogens with zero attached hydrogens (tertiary/aromatic N) is 2. The van der Waals surface area contributed by atoms with Crippen molar-refractivity contribution in [2.24, 2.45) is 0 Å². The van der Waals surface area contributed by atoms with Crippen molar-refractivity contribution in [2.75, 3.05) is 17.1 Å². The number of rotatable bonds is 11. The maximum absolute atomic E-state index is 13.6. The average Bonchev–Trinajstić information content (AvgIpc) is 2.80. The Balaban J connectivity index is 2.50. The van der Waals surface area contributed by atoms with E-state index in [4.69, 9.17) is 34.8 Å². The van der Waals surface area contributed by atoms with Gasteiger partial charge in [0.1, 0.15) is 18.4 Å². The van der Waals surface area contributed by atoms with E-state index in [9.17, 15) is 22.4 Å². The van der Waals surface area contributed by atoms with E-state index in [2.05, 4.69) is 5.32 Å². The average molecular weight is 581 g/mol. The van der Waals surface area contributed by atoms with Crippen molar-refractivity contribution in [1.82, 2.24) is 10.2 Å². The summed E-state index contributed by atoms with van der Waals surface area (Å²) in [6.45, 7) is 4.81. The Hall–Kier alpha value is -2.07. The normalized spacial score (nSPS) is 13.1. The van der Waals surface area contributed by atoms with Gasteiger partial charge in [-0.15, -0.1) is 0 Å². The molecule has 0 bridgehead atoms. The molecule has 0 aliphatic rings. The van der Waals surface area contributed by atoms with E-state index in [0.29, 0.717) is 12.0 Å². The summed E-state index contributed by atoms with van der Waals surface area (Å²) in [5, 5.41) is 3.03. The molecular formula is C24H29Cl3FN3O4S. The van der Waals surface area contributed by atoms with Gasteiger partial charge in [-0.05, 0) is 49.6 Å². The molecule has 0 radical (unpaired) electrons. The van der Waals surface area contributed by atoms with E-state index < -0.39 is 34.3 Å². The Bertz CT molecular complexity index is 1200. The van der Waals surface area contributed by atoms with Gasteiger partial charge >= 0.3 is 0 Å². The first kappa shape index (κ1) is 30.2. The van der Waals surface area contributed by atoms with Gasteiger partial charge in [0, 0.05) is 12.6 Å². The fourth-order valence-electron chi connectivity index (χ4n) is 3.45. The van der Waals surface area contributed by atoms with Gasteiger partial charge in [-0.2, -0.15) is 0 Å². The first-order chi connectivity index (χ1) is 16.8. The van der Waals surface area contributed by atoms with Crippen molar-refractivity contribution in [2.45, 2.75) is 52.2 Å². The number of carbonyl (C=O) groups is 2. The number of halogens is 4. The SMILES string of the molecule is CC[C@@H](C)NC(=O)[C@@H](CC)N(Cc1ccc(F)cc1)C(=O)CN(c1cc(Cl)c(Cl)cc1Cl)S(C)(=O)=O. The number of hydrogen-bond donors (Lipinski definition) is 1. The smallest absolute Gasteiger partial charge is 0.244 e. The molecule has 0 unspecified atom stereocenters. The number of nitrogens with one attached hydrogen (secondary N) is 1. The van der Waals surface area contributed by atoms with Crippen LogP contribution in [-0.4, -0.2) is 50.0 Å². The highest BCUT2D eigenvalue weighted by Crippen LogP contribution is 2.35. The van der Waals surface area contributed by atoms with Gasteiger partial charge < -0.3 is 10.2 Å². The van der Waals surface area contributed by atoms with E-state index in [-0.39, 0.29) is 45.7 Å². The third kappa shape index (κ3) is 7.96. The van der Waals surface area contributed by atoms with E-state index in [1.54, 1.807) is 6.92 Å². The van der Waals surface area contributed by atoms with Crippen LogP contribution < -0.4 is 9.62 Å². The molecule has 2 atom stereocenters. The molecule has 7 nitrogen and oxygen atoms in total. The van der Waals surface area contributed by atoms with E-state index in [0.717, 1.165) is 10.6 Å². The zero-order chi connectivity index (χ0) is 27.2. The first-order valence-electron chi connectivity index (χ1n) is 11.2. The Morgan fingerprint density at radius 3 is 2.11 bits per heavy atom. The van der Waals surface area contributed by atoms with Crippen LogP contribution in [0.3, 0.4) is 0 Å². The van der Waals surface area contributed by atoms with Crippen LogP contribution in [0.5, 0.6) is 0 Å². The number of hydrogen-bond acceptors (Lipinski definition) is 4. The van der Waals surface area contributed by atoms with Crippen molar-refractivity contribution in [1.29, 1.82) is 0 Å². The summed E-state index contributed by atoms with van der Waals surface area (Å²) in [4.78, 5) is 28.0. The Morgan fingerprint density at radius 1 is 1.00 bits per heavy atom. The second-order valence-corrected chi connectivity index (χ2v) is 11.5. The molecule has 2 aromatic carbocycles. The second-order valence-electron chi connectivity index (χ2n) is 8.38. The lowest BCUT2D eigenvalue weighted by atomic mass is 10.1. The third-order valence-corrected chi connectivity index (χ3v) is 7.74. The zero-order valence-electron chi connectivity index (χ0n) is 20.4. The Kier molecular flexibility index (Phi) is 10.8. The van der Waals surface area contributed by atoms with Gasteiger partial charge in [-0.25, -0.2) is 12.8 Å². The molecule has 2 aromatic rings. The van der Waals surface area contributed by atoms with Gasteiger partial charge in [0.05, 0.1) is 27.0 Å². The van der Waals surface area contributed by atoms with Crippen LogP contribution >= 0.6 is 34.8 Å². The maximum atomic E-state index is 13.6. The molecule has 36 heavy (non-hydrogen) atoms. The van der Waals surface area contributed by atoms with Crippen molar-refractivity contribution in [3.63, 3.8) is 0 Å². The molecule has 1 N–H and O–H groups in total. The standard InChI is InChI=1S/C24H29Cl3FN3O4S/c1-5-15(3)29-24(33)21(6-2)30(13-16-7-9-17(28)10-8-16)23(32)14-31(36(4,34)35)22-12-19(26)18(25)11-20(22)27/h7-12,15,21H,5-6,13-14H2,1-4H3,(H,29,33)/t15-,21-/m1/s1.